The zero-order chi connectivity index (χ0) is 22.5. The van der Waals surface area contributed by atoms with Crippen molar-refractivity contribution in [2.75, 3.05) is 22.3 Å². The summed E-state index contributed by atoms with van der Waals surface area (Å²) in [5.74, 6) is -1.08. The van der Waals surface area contributed by atoms with Crippen molar-refractivity contribution in [3.63, 3.8) is 0 Å². The molecule has 32 heavy (non-hydrogen) atoms. The first-order chi connectivity index (χ1) is 15.3. The van der Waals surface area contributed by atoms with Crippen LogP contribution in [0.25, 0.3) is 0 Å². The molecule has 0 atom stereocenters. The van der Waals surface area contributed by atoms with Crippen LogP contribution < -0.4 is 18.7 Å². The van der Waals surface area contributed by atoms with E-state index < -0.39 is 28.5 Å². The van der Waals surface area contributed by atoms with Gasteiger partial charge in [0.05, 0.1) is 5.69 Å². The predicted molar refractivity (Wildman–Crippen MR) is 113 cm³/mol. The first-order valence-electron chi connectivity index (χ1n) is 9.82. The van der Waals surface area contributed by atoms with Crippen molar-refractivity contribution in [1.29, 1.82) is 0 Å². The van der Waals surface area contributed by atoms with Gasteiger partial charge >= 0.3 is 10.2 Å². The van der Waals surface area contributed by atoms with E-state index in [1.165, 1.54) is 0 Å². The van der Waals surface area contributed by atoms with Crippen molar-refractivity contribution in [1.82, 2.24) is 19.5 Å². The van der Waals surface area contributed by atoms with Gasteiger partial charge in [-0.25, -0.2) is 18.4 Å². The van der Waals surface area contributed by atoms with Gasteiger partial charge in [-0.05, 0) is 12.0 Å². The Bertz CT molecular complexity index is 1310. The molecule has 1 fully saturated rings. The molecule has 0 spiro atoms. The second-order valence-corrected chi connectivity index (χ2v) is 9.06. The Morgan fingerprint density at radius 1 is 1.25 bits per heavy atom. The lowest BCUT2D eigenvalue weighted by molar-refractivity contribution is -0.117. The Hall–Kier alpha value is -3.67. The van der Waals surface area contributed by atoms with Crippen LogP contribution in [0.4, 0.5) is 21.7 Å². The average molecular weight is 458 g/mol. The number of hydrogen-bond donors (Lipinski definition) is 1. The Morgan fingerprint density at radius 2 is 2.03 bits per heavy atom. The highest BCUT2D eigenvalue weighted by atomic mass is 32.2. The summed E-state index contributed by atoms with van der Waals surface area (Å²) >= 11 is 0. The molecule has 0 aliphatic carbocycles. The van der Waals surface area contributed by atoms with E-state index in [0.29, 0.717) is 34.5 Å². The summed E-state index contributed by atoms with van der Waals surface area (Å²) < 4.78 is 50.8. The van der Waals surface area contributed by atoms with Crippen molar-refractivity contribution in [2.24, 2.45) is 7.05 Å². The minimum atomic E-state index is -4.22. The molecule has 1 saturated heterocycles. The molecule has 2 aromatic carbocycles. The number of nitrogens with one attached hydrogen (secondary N) is 1. The van der Waals surface area contributed by atoms with Crippen LogP contribution in [-0.2, 0) is 35.1 Å². The molecule has 2 aliphatic rings. The minimum Gasteiger partial charge on any atom is -0.487 e. The van der Waals surface area contributed by atoms with Gasteiger partial charge in [0.15, 0.2) is 5.82 Å². The number of ether oxygens (including phenoxy) is 1. The number of aryl methyl sites for hydroxylation is 1. The zero-order valence-electron chi connectivity index (χ0n) is 17.0. The second kappa shape index (κ2) is 7.48. The first kappa shape index (κ1) is 20.2. The maximum absolute atomic E-state index is 15.8. The van der Waals surface area contributed by atoms with E-state index in [0.717, 1.165) is 5.56 Å². The van der Waals surface area contributed by atoms with Crippen LogP contribution >= 0.6 is 0 Å². The standard InChI is InChI=1S/C20H19FN6O4S/c1-25-12-22-20(23-25)26-8-7-14-15(26)9-16(31-11-13-5-3-2-4-6-13)19(18(14)21)27-10-17(28)24-32(27,29)30/h2-6,9,12H,7-8,10-11H2,1H3,(H,24,28). The summed E-state index contributed by atoms with van der Waals surface area (Å²) in [5, 5.41) is 4.28. The average Bonchev–Trinajstić information content (AvgIpc) is 3.44. The molecule has 5 rings (SSSR count). The molecular weight excluding hydrogens is 439 g/mol. The van der Waals surface area contributed by atoms with Crippen molar-refractivity contribution in [3.05, 3.63) is 59.7 Å². The second-order valence-electron chi connectivity index (χ2n) is 7.47. The molecule has 1 aromatic heterocycles. The van der Waals surface area contributed by atoms with Crippen LogP contribution in [0.1, 0.15) is 11.1 Å². The minimum absolute atomic E-state index is 0.00742. The maximum Gasteiger partial charge on any atom is 0.326 e. The van der Waals surface area contributed by atoms with Gasteiger partial charge in [-0.3, -0.25) is 9.48 Å². The normalized spacial score (nSPS) is 16.9. The largest absolute Gasteiger partial charge is 0.487 e. The molecule has 2 aliphatic heterocycles. The number of halogens is 1. The fourth-order valence-electron chi connectivity index (χ4n) is 3.85. The van der Waals surface area contributed by atoms with Crippen molar-refractivity contribution < 1.29 is 22.3 Å². The van der Waals surface area contributed by atoms with Gasteiger partial charge in [0.25, 0.3) is 5.91 Å². The van der Waals surface area contributed by atoms with Crippen LogP contribution in [0.2, 0.25) is 0 Å². The summed E-state index contributed by atoms with van der Waals surface area (Å²) in [7, 11) is -2.49. The van der Waals surface area contributed by atoms with E-state index in [2.05, 4.69) is 10.1 Å². The molecular formula is C20H19FN6O4S. The number of benzene rings is 2. The predicted octanol–water partition coefficient (Wildman–Crippen LogP) is 1.41. The Morgan fingerprint density at radius 3 is 2.69 bits per heavy atom. The Balaban J connectivity index is 1.61. The first-order valence-corrected chi connectivity index (χ1v) is 11.3. The molecule has 10 nitrogen and oxygen atoms in total. The molecule has 1 N–H and O–H groups in total. The monoisotopic (exact) mass is 458 g/mol. The van der Waals surface area contributed by atoms with Gasteiger partial charge in [0, 0.05) is 25.2 Å². The van der Waals surface area contributed by atoms with Gasteiger partial charge in [-0.15, -0.1) is 5.10 Å². The summed E-state index contributed by atoms with van der Waals surface area (Å²) in [4.78, 5) is 17.8. The molecule has 0 unspecified atom stereocenters. The summed E-state index contributed by atoms with van der Waals surface area (Å²) in [6, 6.07) is 10.8. The molecule has 3 aromatic rings. The van der Waals surface area contributed by atoms with E-state index in [4.69, 9.17) is 4.74 Å². The third kappa shape index (κ3) is 3.42. The molecule has 0 saturated carbocycles. The molecule has 0 bridgehead atoms. The lowest BCUT2D eigenvalue weighted by Gasteiger charge is -2.23. The number of fused-ring (bicyclic) bond motifs is 1. The third-order valence-corrected chi connectivity index (χ3v) is 6.67. The van der Waals surface area contributed by atoms with Crippen LogP contribution in [-0.4, -0.2) is 42.2 Å². The zero-order valence-corrected chi connectivity index (χ0v) is 17.8. The van der Waals surface area contributed by atoms with E-state index in [1.807, 2.05) is 35.1 Å². The van der Waals surface area contributed by atoms with Crippen LogP contribution in [0.5, 0.6) is 5.75 Å². The van der Waals surface area contributed by atoms with Crippen LogP contribution in [0.3, 0.4) is 0 Å². The van der Waals surface area contributed by atoms with Gasteiger partial charge in [-0.2, -0.15) is 8.42 Å². The van der Waals surface area contributed by atoms with Crippen molar-refractivity contribution in [2.45, 2.75) is 13.0 Å². The number of nitrogens with zero attached hydrogens (tertiary/aromatic N) is 5. The topological polar surface area (TPSA) is 110 Å². The lowest BCUT2D eigenvalue weighted by Crippen LogP contribution is -2.31. The summed E-state index contributed by atoms with van der Waals surface area (Å²) in [6.45, 7) is -0.0177. The SMILES string of the molecule is Cn1cnc(N2CCc3c2cc(OCc2ccccc2)c(N2CC(=O)NS2(=O)=O)c3F)n1. The number of aromatic nitrogens is 3. The maximum atomic E-state index is 15.8. The van der Waals surface area contributed by atoms with E-state index >= 15 is 4.39 Å². The Labute approximate surface area is 183 Å². The van der Waals surface area contributed by atoms with E-state index in [-0.39, 0.29) is 18.0 Å². The molecule has 0 radical (unpaired) electrons. The molecule has 1 amide bonds. The molecule has 166 valence electrons. The fourth-order valence-corrected chi connectivity index (χ4v) is 5.01. The summed E-state index contributed by atoms with van der Waals surface area (Å²) in [5.41, 5.74) is 1.35. The molecule has 3 heterocycles. The van der Waals surface area contributed by atoms with E-state index in [1.54, 1.807) is 29.0 Å². The van der Waals surface area contributed by atoms with Crippen molar-refractivity contribution >= 4 is 33.4 Å². The number of amides is 1. The van der Waals surface area contributed by atoms with Crippen molar-refractivity contribution in [3.8, 4) is 5.75 Å². The quantitative estimate of drug-likeness (QED) is 0.616. The third-order valence-electron chi connectivity index (χ3n) is 5.30. The number of hydrogen-bond acceptors (Lipinski definition) is 7. The fraction of sp³-hybridized carbons (Fsp3) is 0.250. The molecule has 12 heteroatoms. The Kier molecular flexibility index (Phi) is 4.73. The lowest BCUT2D eigenvalue weighted by atomic mass is 10.1. The van der Waals surface area contributed by atoms with Crippen LogP contribution in [0.15, 0.2) is 42.7 Å². The van der Waals surface area contributed by atoms with E-state index in [9.17, 15) is 13.2 Å². The summed E-state index contributed by atoms with van der Waals surface area (Å²) in [6.07, 6.45) is 1.86. The number of anilines is 3. The highest BCUT2D eigenvalue weighted by molar-refractivity contribution is 7.92. The van der Waals surface area contributed by atoms with Gasteiger partial charge < -0.3 is 9.64 Å². The highest BCUT2D eigenvalue weighted by Gasteiger charge is 2.40. The smallest absolute Gasteiger partial charge is 0.326 e. The van der Waals surface area contributed by atoms with Gasteiger partial charge in [0.1, 0.15) is 30.9 Å². The van der Waals surface area contributed by atoms with Gasteiger partial charge in [0.2, 0.25) is 5.95 Å². The number of carbonyl (C=O) groups excluding carboxylic acids is 1. The van der Waals surface area contributed by atoms with Gasteiger partial charge in [-0.1, -0.05) is 30.3 Å². The van der Waals surface area contributed by atoms with Crippen LogP contribution in [0, 0.1) is 5.82 Å². The highest BCUT2D eigenvalue weighted by Crippen LogP contribution is 2.45. The number of rotatable bonds is 5. The number of carbonyl (C=O) groups is 1.